The molecule has 2 unspecified atom stereocenters. The quantitative estimate of drug-likeness (QED) is 0.752. The molecule has 3 saturated heterocycles. The van der Waals surface area contributed by atoms with Gasteiger partial charge in [0.2, 0.25) is 0 Å². The third kappa shape index (κ3) is 2.68. The molecule has 3 fully saturated rings. The Balaban J connectivity index is 1.52. The van der Waals surface area contributed by atoms with Crippen LogP contribution in [0.2, 0.25) is 0 Å². The Morgan fingerprint density at radius 3 is 2.12 bits per heavy atom. The van der Waals surface area contributed by atoms with Gasteiger partial charge in [-0.1, -0.05) is 6.07 Å². The second-order valence-electron chi connectivity index (χ2n) is 7.43. The molecule has 3 aliphatic heterocycles. The SMILES string of the molecule is O=C(N1CCCCC1)N1C2CCC1CC(c1c(F)cccc1F)C2. The fraction of sp³-hybridized carbons (Fsp3) is 0.632. The molecule has 2 atom stereocenters. The minimum atomic E-state index is -0.449. The van der Waals surface area contributed by atoms with Crippen molar-refractivity contribution >= 4 is 6.03 Å². The van der Waals surface area contributed by atoms with Crippen LogP contribution in [0.5, 0.6) is 0 Å². The van der Waals surface area contributed by atoms with Crippen LogP contribution in [0.4, 0.5) is 13.6 Å². The van der Waals surface area contributed by atoms with E-state index in [-0.39, 0.29) is 29.6 Å². The molecule has 2 amide bonds. The fourth-order valence-corrected chi connectivity index (χ4v) is 4.87. The van der Waals surface area contributed by atoms with Crippen molar-refractivity contribution in [3.8, 4) is 0 Å². The highest BCUT2D eigenvalue weighted by atomic mass is 19.1. The summed E-state index contributed by atoms with van der Waals surface area (Å²) in [6, 6.07) is 4.49. The van der Waals surface area contributed by atoms with Crippen LogP contribution in [0.15, 0.2) is 18.2 Å². The monoisotopic (exact) mass is 334 g/mol. The number of hydrogen-bond donors (Lipinski definition) is 0. The van der Waals surface area contributed by atoms with E-state index in [0.717, 1.165) is 38.8 Å². The third-order valence-corrected chi connectivity index (χ3v) is 5.99. The number of piperidine rings is 2. The van der Waals surface area contributed by atoms with Gasteiger partial charge in [-0.2, -0.15) is 0 Å². The molecule has 3 aliphatic rings. The first-order valence-corrected chi connectivity index (χ1v) is 9.16. The Morgan fingerprint density at radius 2 is 1.54 bits per heavy atom. The number of carbonyl (C=O) groups excluding carboxylic acids is 1. The molecule has 5 heteroatoms. The highest BCUT2D eigenvalue weighted by Gasteiger charge is 2.45. The van der Waals surface area contributed by atoms with E-state index in [1.807, 2.05) is 9.80 Å². The second kappa shape index (κ2) is 6.34. The molecule has 0 N–H and O–H groups in total. The Kier molecular flexibility index (Phi) is 4.19. The van der Waals surface area contributed by atoms with Crippen molar-refractivity contribution in [1.82, 2.24) is 9.80 Å². The van der Waals surface area contributed by atoms with Crippen LogP contribution in [-0.2, 0) is 0 Å². The van der Waals surface area contributed by atoms with Crippen molar-refractivity contribution < 1.29 is 13.6 Å². The molecule has 1 aromatic rings. The molecular formula is C19H24F2N2O. The van der Waals surface area contributed by atoms with E-state index >= 15 is 0 Å². The summed E-state index contributed by atoms with van der Waals surface area (Å²) >= 11 is 0. The molecule has 130 valence electrons. The fourth-order valence-electron chi connectivity index (χ4n) is 4.87. The minimum Gasteiger partial charge on any atom is -0.325 e. The van der Waals surface area contributed by atoms with Crippen LogP contribution >= 0.6 is 0 Å². The van der Waals surface area contributed by atoms with Gasteiger partial charge in [0.25, 0.3) is 0 Å². The molecular weight excluding hydrogens is 310 g/mol. The number of carbonyl (C=O) groups is 1. The summed E-state index contributed by atoms with van der Waals surface area (Å²) in [6.07, 6.45) is 6.62. The molecule has 3 nitrogen and oxygen atoms in total. The highest BCUT2D eigenvalue weighted by molar-refractivity contribution is 5.76. The van der Waals surface area contributed by atoms with Crippen molar-refractivity contribution in [3.05, 3.63) is 35.4 Å². The predicted molar refractivity (Wildman–Crippen MR) is 87.8 cm³/mol. The summed E-state index contributed by atoms with van der Waals surface area (Å²) in [5, 5.41) is 0. The normalized spacial score (nSPS) is 29.8. The number of rotatable bonds is 1. The van der Waals surface area contributed by atoms with Crippen molar-refractivity contribution in [2.24, 2.45) is 0 Å². The molecule has 24 heavy (non-hydrogen) atoms. The van der Waals surface area contributed by atoms with Crippen LogP contribution < -0.4 is 0 Å². The summed E-state index contributed by atoms with van der Waals surface area (Å²) < 4.78 is 28.3. The van der Waals surface area contributed by atoms with Gasteiger partial charge in [-0.05, 0) is 63.0 Å². The smallest absolute Gasteiger partial charge is 0.320 e. The van der Waals surface area contributed by atoms with Gasteiger partial charge in [-0.3, -0.25) is 0 Å². The number of fused-ring (bicyclic) bond motifs is 2. The largest absolute Gasteiger partial charge is 0.325 e. The van der Waals surface area contributed by atoms with Gasteiger partial charge >= 0.3 is 6.03 Å². The first-order chi connectivity index (χ1) is 11.6. The number of benzene rings is 1. The van der Waals surface area contributed by atoms with E-state index in [1.54, 1.807) is 0 Å². The molecule has 3 heterocycles. The van der Waals surface area contributed by atoms with Gasteiger partial charge in [0.05, 0.1) is 0 Å². The lowest BCUT2D eigenvalue weighted by atomic mass is 9.84. The van der Waals surface area contributed by atoms with Gasteiger partial charge in [0.15, 0.2) is 0 Å². The average Bonchev–Trinajstić information content (AvgIpc) is 2.85. The third-order valence-electron chi connectivity index (χ3n) is 5.99. The molecule has 0 radical (unpaired) electrons. The molecule has 1 aromatic carbocycles. The number of likely N-dealkylation sites (tertiary alicyclic amines) is 1. The van der Waals surface area contributed by atoms with Crippen molar-refractivity contribution in [2.45, 2.75) is 62.9 Å². The van der Waals surface area contributed by atoms with Crippen LogP contribution in [-0.4, -0.2) is 41.0 Å². The van der Waals surface area contributed by atoms with E-state index in [0.29, 0.717) is 12.8 Å². The Bertz CT molecular complexity index is 596. The highest BCUT2D eigenvalue weighted by Crippen LogP contribution is 2.44. The first-order valence-electron chi connectivity index (χ1n) is 9.16. The topological polar surface area (TPSA) is 23.6 Å². The van der Waals surface area contributed by atoms with E-state index in [9.17, 15) is 13.6 Å². The standard InChI is InChI=1S/C19H24F2N2O/c20-16-5-4-6-17(21)18(16)13-11-14-7-8-15(12-13)23(14)19(24)22-9-2-1-3-10-22/h4-6,13-15H,1-3,7-12H2. The zero-order valence-corrected chi connectivity index (χ0v) is 13.9. The van der Waals surface area contributed by atoms with Crippen molar-refractivity contribution in [1.29, 1.82) is 0 Å². The Labute approximate surface area is 141 Å². The van der Waals surface area contributed by atoms with Crippen LogP contribution in [0.25, 0.3) is 0 Å². The molecule has 4 rings (SSSR count). The zero-order chi connectivity index (χ0) is 16.7. The van der Waals surface area contributed by atoms with Gasteiger partial charge in [0, 0.05) is 30.7 Å². The maximum atomic E-state index is 14.1. The van der Waals surface area contributed by atoms with Gasteiger partial charge in [-0.15, -0.1) is 0 Å². The lowest BCUT2D eigenvalue weighted by Gasteiger charge is -2.42. The van der Waals surface area contributed by atoms with E-state index in [1.165, 1.54) is 24.6 Å². The zero-order valence-electron chi connectivity index (χ0n) is 13.9. The number of hydrogen-bond acceptors (Lipinski definition) is 1. The summed E-state index contributed by atoms with van der Waals surface area (Å²) in [5.41, 5.74) is 0.222. The lowest BCUT2D eigenvalue weighted by molar-refractivity contribution is 0.0983. The maximum absolute atomic E-state index is 14.1. The van der Waals surface area contributed by atoms with Crippen LogP contribution in [0, 0.1) is 11.6 Å². The predicted octanol–water partition coefficient (Wildman–Crippen LogP) is 4.28. The molecule has 0 saturated carbocycles. The number of amides is 2. The van der Waals surface area contributed by atoms with Gasteiger partial charge < -0.3 is 9.80 Å². The maximum Gasteiger partial charge on any atom is 0.320 e. The first kappa shape index (κ1) is 15.9. The molecule has 2 bridgehead atoms. The van der Waals surface area contributed by atoms with Crippen molar-refractivity contribution in [3.63, 3.8) is 0 Å². The summed E-state index contributed by atoms with van der Waals surface area (Å²) in [6.45, 7) is 1.69. The summed E-state index contributed by atoms with van der Waals surface area (Å²) in [5.74, 6) is -1.01. The Morgan fingerprint density at radius 1 is 0.958 bits per heavy atom. The average molecular weight is 334 g/mol. The number of urea groups is 1. The second-order valence-corrected chi connectivity index (χ2v) is 7.43. The molecule has 0 spiro atoms. The van der Waals surface area contributed by atoms with E-state index < -0.39 is 11.6 Å². The lowest BCUT2D eigenvalue weighted by Crippen LogP contribution is -2.53. The summed E-state index contributed by atoms with van der Waals surface area (Å²) in [7, 11) is 0. The van der Waals surface area contributed by atoms with E-state index in [2.05, 4.69) is 0 Å². The van der Waals surface area contributed by atoms with Gasteiger partial charge in [0.1, 0.15) is 11.6 Å². The van der Waals surface area contributed by atoms with Crippen LogP contribution in [0.1, 0.15) is 56.4 Å². The van der Waals surface area contributed by atoms with Gasteiger partial charge in [-0.25, -0.2) is 13.6 Å². The van der Waals surface area contributed by atoms with E-state index in [4.69, 9.17) is 0 Å². The summed E-state index contributed by atoms with van der Waals surface area (Å²) in [4.78, 5) is 16.9. The number of halogens is 2. The molecule has 0 aromatic heterocycles. The minimum absolute atomic E-state index is 0.117. The number of nitrogens with zero attached hydrogens (tertiary/aromatic N) is 2. The Hall–Kier alpha value is -1.65. The van der Waals surface area contributed by atoms with Crippen LogP contribution in [0.3, 0.4) is 0 Å². The molecule has 0 aliphatic carbocycles. The van der Waals surface area contributed by atoms with Crippen molar-refractivity contribution in [2.75, 3.05) is 13.1 Å².